The summed E-state index contributed by atoms with van der Waals surface area (Å²) in [6, 6.07) is 12.9. The number of hydrogen-bond donors (Lipinski definition) is 0. The topological polar surface area (TPSA) is 75.9 Å². The first kappa shape index (κ1) is 18.4. The SMILES string of the molecule is O=C(Cc1ccc(N2CCOCC2)cc1)N1CCCc2ccc([N+](=O)[O-])cc21. The van der Waals surface area contributed by atoms with Gasteiger partial charge < -0.3 is 14.5 Å². The largest absolute Gasteiger partial charge is 0.378 e. The van der Waals surface area contributed by atoms with E-state index >= 15 is 0 Å². The first-order chi connectivity index (χ1) is 13.6. The van der Waals surface area contributed by atoms with E-state index in [1.54, 1.807) is 11.0 Å². The van der Waals surface area contributed by atoms with Crippen molar-refractivity contribution >= 4 is 23.0 Å². The van der Waals surface area contributed by atoms with Crippen molar-refractivity contribution in [3.05, 3.63) is 63.7 Å². The maximum Gasteiger partial charge on any atom is 0.271 e. The Hall–Kier alpha value is -2.93. The maximum absolute atomic E-state index is 12.9. The number of nitro benzene ring substituents is 1. The summed E-state index contributed by atoms with van der Waals surface area (Å²) >= 11 is 0. The lowest BCUT2D eigenvalue weighted by Gasteiger charge is -2.30. The maximum atomic E-state index is 12.9. The summed E-state index contributed by atoms with van der Waals surface area (Å²) in [6.07, 6.45) is 1.99. The highest BCUT2D eigenvalue weighted by Crippen LogP contribution is 2.31. The van der Waals surface area contributed by atoms with Crippen molar-refractivity contribution in [2.75, 3.05) is 42.6 Å². The number of nitro groups is 1. The molecule has 0 saturated carbocycles. The number of morpholine rings is 1. The van der Waals surface area contributed by atoms with Crippen LogP contribution in [0.4, 0.5) is 17.1 Å². The van der Waals surface area contributed by atoms with Crippen LogP contribution in [-0.4, -0.2) is 43.7 Å². The van der Waals surface area contributed by atoms with Gasteiger partial charge in [-0.15, -0.1) is 0 Å². The van der Waals surface area contributed by atoms with E-state index in [4.69, 9.17) is 4.74 Å². The van der Waals surface area contributed by atoms with Gasteiger partial charge in [-0.05, 0) is 36.1 Å². The standard InChI is InChI=1S/C21H23N3O4/c25-21(14-16-3-6-18(7-4-16)22-10-12-28-13-11-22)23-9-1-2-17-5-8-19(24(26)27)15-20(17)23/h3-8,15H,1-2,9-14H2. The third-order valence-electron chi connectivity index (χ3n) is 5.37. The predicted octanol–water partition coefficient (Wildman–Crippen LogP) is 2.95. The van der Waals surface area contributed by atoms with Gasteiger partial charge >= 0.3 is 0 Å². The fourth-order valence-corrected chi connectivity index (χ4v) is 3.85. The van der Waals surface area contributed by atoms with Crippen LogP contribution >= 0.6 is 0 Å². The molecule has 0 aromatic heterocycles. The lowest BCUT2D eigenvalue weighted by Crippen LogP contribution is -2.37. The highest BCUT2D eigenvalue weighted by atomic mass is 16.6. The molecule has 0 radical (unpaired) electrons. The number of ether oxygens (including phenoxy) is 1. The molecule has 0 bridgehead atoms. The summed E-state index contributed by atoms with van der Waals surface area (Å²) in [6.45, 7) is 3.82. The normalized spacial score (nSPS) is 16.6. The third-order valence-corrected chi connectivity index (χ3v) is 5.37. The number of aryl methyl sites for hydroxylation is 1. The zero-order chi connectivity index (χ0) is 19.5. The van der Waals surface area contributed by atoms with E-state index in [1.807, 2.05) is 24.3 Å². The highest BCUT2D eigenvalue weighted by Gasteiger charge is 2.25. The molecule has 2 aromatic rings. The molecule has 0 N–H and O–H groups in total. The second kappa shape index (κ2) is 7.98. The molecule has 2 heterocycles. The molecule has 2 aromatic carbocycles. The van der Waals surface area contributed by atoms with Crippen LogP contribution in [0.15, 0.2) is 42.5 Å². The van der Waals surface area contributed by atoms with Gasteiger partial charge in [0.1, 0.15) is 0 Å². The van der Waals surface area contributed by atoms with Crippen LogP contribution in [0.3, 0.4) is 0 Å². The molecule has 0 atom stereocenters. The van der Waals surface area contributed by atoms with Crippen LogP contribution in [0.5, 0.6) is 0 Å². The van der Waals surface area contributed by atoms with E-state index < -0.39 is 4.92 Å². The molecule has 1 amide bonds. The summed E-state index contributed by atoms with van der Waals surface area (Å²) < 4.78 is 5.38. The number of fused-ring (bicyclic) bond motifs is 1. The van der Waals surface area contributed by atoms with Crippen molar-refractivity contribution in [2.24, 2.45) is 0 Å². The van der Waals surface area contributed by atoms with Crippen LogP contribution in [0, 0.1) is 10.1 Å². The Bertz CT molecular complexity index is 876. The molecule has 0 aliphatic carbocycles. The van der Waals surface area contributed by atoms with Gasteiger partial charge in [-0.2, -0.15) is 0 Å². The number of rotatable bonds is 4. The summed E-state index contributed by atoms with van der Waals surface area (Å²) in [5, 5.41) is 11.1. The second-order valence-electron chi connectivity index (χ2n) is 7.16. The number of anilines is 2. The Kier molecular flexibility index (Phi) is 5.25. The minimum absolute atomic E-state index is 0.0216. The van der Waals surface area contributed by atoms with E-state index in [1.165, 1.54) is 12.1 Å². The molecule has 0 spiro atoms. The van der Waals surface area contributed by atoms with Crippen LogP contribution in [0.1, 0.15) is 17.5 Å². The predicted molar refractivity (Wildman–Crippen MR) is 107 cm³/mol. The van der Waals surface area contributed by atoms with E-state index in [0.29, 0.717) is 12.2 Å². The molecule has 146 valence electrons. The van der Waals surface area contributed by atoms with Crippen molar-refractivity contribution in [3.8, 4) is 0 Å². The molecule has 4 rings (SSSR count). The molecule has 28 heavy (non-hydrogen) atoms. The van der Waals surface area contributed by atoms with Gasteiger partial charge in [0.15, 0.2) is 0 Å². The Morgan fingerprint density at radius 3 is 2.54 bits per heavy atom. The third kappa shape index (κ3) is 3.84. The minimum Gasteiger partial charge on any atom is -0.378 e. The van der Waals surface area contributed by atoms with E-state index in [0.717, 1.165) is 56.0 Å². The van der Waals surface area contributed by atoms with Crippen LogP contribution in [-0.2, 0) is 22.4 Å². The van der Waals surface area contributed by atoms with Crippen molar-refractivity contribution in [2.45, 2.75) is 19.3 Å². The highest BCUT2D eigenvalue weighted by molar-refractivity contribution is 5.96. The Morgan fingerprint density at radius 2 is 1.82 bits per heavy atom. The number of carbonyl (C=O) groups is 1. The first-order valence-corrected chi connectivity index (χ1v) is 9.61. The average Bonchev–Trinajstić information content (AvgIpc) is 2.74. The zero-order valence-electron chi connectivity index (χ0n) is 15.7. The number of amides is 1. The molecule has 1 fully saturated rings. The fraction of sp³-hybridized carbons (Fsp3) is 0.381. The Morgan fingerprint density at radius 1 is 1.07 bits per heavy atom. The van der Waals surface area contributed by atoms with Crippen LogP contribution in [0.25, 0.3) is 0 Å². The van der Waals surface area contributed by atoms with Gasteiger partial charge in [0.05, 0.1) is 30.2 Å². The number of benzene rings is 2. The number of carbonyl (C=O) groups excluding carboxylic acids is 1. The minimum atomic E-state index is -0.415. The summed E-state index contributed by atoms with van der Waals surface area (Å²) in [5.41, 5.74) is 3.77. The lowest BCUT2D eigenvalue weighted by molar-refractivity contribution is -0.384. The Balaban J connectivity index is 1.48. The van der Waals surface area contributed by atoms with Gasteiger partial charge in [-0.1, -0.05) is 18.2 Å². The van der Waals surface area contributed by atoms with Gasteiger partial charge in [-0.3, -0.25) is 14.9 Å². The zero-order valence-corrected chi connectivity index (χ0v) is 15.7. The second-order valence-corrected chi connectivity index (χ2v) is 7.16. The summed E-state index contributed by atoms with van der Waals surface area (Å²) in [4.78, 5) is 27.6. The molecular formula is C21H23N3O4. The monoisotopic (exact) mass is 381 g/mol. The van der Waals surface area contributed by atoms with Crippen molar-refractivity contribution < 1.29 is 14.5 Å². The summed E-state index contributed by atoms with van der Waals surface area (Å²) in [7, 11) is 0. The smallest absolute Gasteiger partial charge is 0.271 e. The molecule has 0 unspecified atom stereocenters. The molecule has 2 aliphatic rings. The van der Waals surface area contributed by atoms with E-state index in [9.17, 15) is 14.9 Å². The molecule has 7 nitrogen and oxygen atoms in total. The number of hydrogen-bond acceptors (Lipinski definition) is 5. The lowest BCUT2D eigenvalue weighted by atomic mass is 10.00. The van der Waals surface area contributed by atoms with Crippen LogP contribution < -0.4 is 9.80 Å². The summed E-state index contributed by atoms with van der Waals surface area (Å²) in [5.74, 6) is -0.0272. The average molecular weight is 381 g/mol. The van der Waals surface area contributed by atoms with Gasteiger partial charge in [0, 0.05) is 37.5 Å². The van der Waals surface area contributed by atoms with E-state index in [2.05, 4.69) is 4.90 Å². The van der Waals surface area contributed by atoms with E-state index in [-0.39, 0.29) is 18.0 Å². The molecule has 1 saturated heterocycles. The fourth-order valence-electron chi connectivity index (χ4n) is 3.85. The van der Waals surface area contributed by atoms with Crippen LogP contribution in [0.2, 0.25) is 0 Å². The molecule has 2 aliphatic heterocycles. The molecular weight excluding hydrogens is 358 g/mol. The van der Waals surface area contributed by atoms with Crippen molar-refractivity contribution in [3.63, 3.8) is 0 Å². The van der Waals surface area contributed by atoms with Crippen molar-refractivity contribution in [1.29, 1.82) is 0 Å². The van der Waals surface area contributed by atoms with Gasteiger partial charge in [0.2, 0.25) is 5.91 Å². The quantitative estimate of drug-likeness (QED) is 0.601. The molecule has 7 heteroatoms. The van der Waals surface area contributed by atoms with Gasteiger partial charge in [-0.25, -0.2) is 0 Å². The Labute approximate surface area is 163 Å². The number of non-ortho nitro benzene ring substituents is 1. The number of nitrogens with zero attached hydrogens (tertiary/aromatic N) is 3. The van der Waals surface area contributed by atoms with Gasteiger partial charge in [0.25, 0.3) is 5.69 Å². The first-order valence-electron chi connectivity index (χ1n) is 9.61. The van der Waals surface area contributed by atoms with Crippen molar-refractivity contribution in [1.82, 2.24) is 0 Å².